The number of hydrogen-bond donors (Lipinski definition) is 0. The molecule has 0 spiro atoms. The van der Waals surface area contributed by atoms with Gasteiger partial charge in [0.2, 0.25) is 0 Å². The molecule has 0 saturated carbocycles. The molecule has 1 aromatic rings. The molecule has 4 nitrogen and oxygen atoms in total. The summed E-state index contributed by atoms with van der Waals surface area (Å²) in [5, 5.41) is 0. The van der Waals surface area contributed by atoms with Crippen LogP contribution < -0.4 is 0 Å². The van der Waals surface area contributed by atoms with E-state index in [0.29, 0.717) is 0 Å². The van der Waals surface area contributed by atoms with Crippen LogP contribution in [0.5, 0.6) is 0 Å². The standard InChI is InChI=1S/C16H17NO3/c1-10-12-8-9-13(17(12)16(19)20-2)14(15(10)18)11-6-4-3-5-7-11/h3-10,12-14H,1-2H3/t10-,12-,13+,14+/m1/s1. The van der Waals surface area contributed by atoms with E-state index in [1.54, 1.807) is 4.90 Å². The van der Waals surface area contributed by atoms with Gasteiger partial charge in [0, 0.05) is 5.92 Å². The molecule has 2 bridgehead atoms. The molecular weight excluding hydrogens is 254 g/mol. The summed E-state index contributed by atoms with van der Waals surface area (Å²) in [6, 6.07) is 9.22. The number of rotatable bonds is 1. The Kier molecular flexibility index (Phi) is 3.08. The van der Waals surface area contributed by atoms with Crippen LogP contribution in [0.15, 0.2) is 42.5 Å². The Hall–Kier alpha value is -2.10. The summed E-state index contributed by atoms with van der Waals surface area (Å²) in [7, 11) is 1.38. The molecule has 3 rings (SSSR count). The maximum atomic E-state index is 12.6. The van der Waals surface area contributed by atoms with Crippen LogP contribution in [-0.2, 0) is 9.53 Å². The lowest BCUT2D eigenvalue weighted by Crippen LogP contribution is -2.55. The number of hydrogen-bond acceptors (Lipinski definition) is 3. The van der Waals surface area contributed by atoms with Gasteiger partial charge in [-0.3, -0.25) is 9.69 Å². The first kappa shape index (κ1) is 12.9. The molecule has 1 fully saturated rings. The second-order valence-electron chi connectivity index (χ2n) is 5.32. The fraction of sp³-hybridized carbons (Fsp3) is 0.375. The molecule has 4 atom stereocenters. The average molecular weight is 271 g/mol. The van der Waals surface area contributed by atoms with E-state index in [4.69, 9.17) is 4.74 Å². The highest BCUT2D eigenvalue weighted by Crippen LogP contribution is 2.41. The lowest BCUT2D eigenvalue weighted by Gasteiger charge is -2.41. The number of methoxy groups -OCH3 is 1. The van der Waals surface area contributed by atoms with Crippen molar-refractivity contribution in [1.82, 2.24) is 4.90 Å². The van der Waals surface area contributed by atoms with Gasteiger partial charge in [0.15, 0.2) is 0 Å². The Morgan fingerprint density at radius 2 is 1.80 bits per heavy atom. The van der Waals surface area contributed by atoms with Crippen molar-refractivity contribution in [3.05, 3.63) is 48.0 Å². The van der Waals surface area contributed by atoms with Gasteiger partial charge in [0.05, 0.1) is 25.1 Å². The predicted molar refractivity (Wildman–Crippen MR) is 74.3 cm³/mol. The monoisotopic (exact) mass is 271 g/mol. The van der Waals surface area contributed by atoms with Gasteiger partial charge < -0.3 is 4.74 Å². The van der Waals surface area contributed by atoms with Crippen LogP contribution in [0.25, 0.3) is 0 Å². The average Bonchev–Trinajstić information content (AvgIpc) is 2.86. The summed E-state index contributed by atoms with van der Waals surface area (Å²) in [4.78, 5) is 26.3. The van der Waals surface area contributed by atoms with Gasteiger partial charge in [-0.25, -0.2) is 4.79 Å². The van der Waals surface area contributed by atoms with Crippen LogP contribution in [-0.4, -0.2) is 36.0 Å². The van der Waals surface area contributed by atoms with Gasteiger partial charge >= 0.3 is 6.09 Å². The Morgan fingerprint density at radius 1 is 1.15 bits per heavy atom. The smallest absolute Gasteiger partial charge is 0.410 e. The van der Waals surface area contributed by atoms with E-state index in [1.165, 1.54) is 7.11 Å². The minimum atomic E-state index is -0.370. The van der Waals surface area contributed by atoms with E-state index >= 15 is 0 Å². The van der Waals surface area contributed by atoms with Crippen LogP contribution >= 0.6 is 0 Å². The summed E-state index contributed by atoms with van der Waals surface area (Å²) < 4.78 is 4.87. The Balaban J connectivity index is 2.03. The number of amides is 1. The first-order valence-corrected chi connectivity index (χ1v) is 6.78. The summed E-state index contributed by atoms with van der Waals surface area (Å²) in [5.74, 6) is -0.328. The third kappa shape index (κ3) is 1.75. The number of Topliss-reactive ketones (excluding diaryl/α,β-unsaturated/α-hetero) is 1. The Bertz CT molecular complexity index is 566. The SMILES string of the molecule is COC(=O)N1[C@@H]2C=C[C@H]1[C@H](c1ccccc1)C(=O)[C@@H]2C. The van der Waals surface area contributed by atoms with Gasteiger partial charge in [-0.15, -0.1) is 0 Å². The van der Waals surface area contributed by atoms with Gasteiger partial charge in [0.25, 0.3) is 0 Å². The molecule has 0 radical (unpaired) electrons. The van der Waals surface area contributed by atoms with Crippen molar-refractivity contribution >= 4 is 11.9 Å². The fourth-order valence-electron chi connectivity index (χ4n) is 3.28. The third-order valence-electron chi connectivity index (χ3n) is 4.30. The lowest BCUT2D eigenvalue weighted by molar-refractivity contribution is -0.129. The highest BCUT2D eigenvalue weighted by atomic mass is 16.5. The number of fused-ring (bicyclic) bond motifs is 2. The highest BCUT2D eigenvalue weighted by Gasteiger charge is 2.50. The van der Waals surface area contributed by atoms with Crippen LogP contribution in [0.2, 0.25) is 0 Å². The summed E-state index contributed by atoms with van der Waals surface area (Å²) in [6.07, 6.45) is 3.54. The number of ketones is 1. The zero-order valence-corrected chi connectivity index (χ0v) is 11.5. The molecule has 0 N–H and O–H groups in total. The largest absolute Gasteiger partial charge is 0.453 e. The molecule has 1 amide bonds. The number of carbonyl (C=O) groups excluding carboxylic acids is 2. The predicted octanol–water partition coefficient (Wildman–Crippen LogP) is 2.36. The summed E-state index contributed by atoms with van der Waals surface area (Å²) in [5.41, 5.74) is 0.952. The van der Waals surface area contributed by atoms with Crippen molar-refractivity contribution in [2.45, 2.75) is 24.9 Å². The molecule has 2 aliphatic rings. The third-order valence-corrected chi connectivity index (χ3v) is 4.30. The first-order chi connectivity index (χ1) is 9.65. The topological polar surface area (TPSA) is 46.6 Å². The number of benzene rings is 1. The zero-order chi connectivity index (χ0) is 14.3. The second kappa shape index (κ2) is 4.78. The normalized spacial score (nSPS) is 31.5. The van der Waals surface area contributed by atoms with Gasteiger partial charge in [-0.1, -0.05) is 49.4 Å². The number of carbonyl (C=O) groups is 2. The fourth-order valence-corrected chi connectivity index (χ4v) is 3.28. The minimum Gasteiger partial charge on any atom is -0.453 e. The van der Waals surface area contributed by atoms with Crippen molar-refractivity contribution in [2.75, 3.05) is 7.11 Å². The van der Waals surface area contributed by atoms with E-state index in [-0.39, 0.29) is 35.8 Å². The van der Waals surface area contributed by atoms with E-state index in [0.717, 1.165) is 5.56 Å². The molecule has 0 unspecified atom stereocenters. The molecule has 2 aliphatic heterocycles. The van der Waals surface area contributed by atoms with E-state index in [1.807, 2.05) is 49.4 Å². The van der Waals surface area contributed by atoms with Crippen LogP contribution in [0.3, 0.4) is 0 Å². The van der Waals surface area contributed by atoms with Crippen molar-refractivity contribution in [3.63, 3.8) is 0 Å². The van der Waals surface area contributed by atoms with E-state index in [9.17, 15) is 9.59 Å². The zero-order valence-electron chi connectivity index (χ0n) is 11.5. The van der Waals surface area contributed by atoms with Crippen LogP contribution in [0.4, 0.5) is 4.79 Å². The molecule has 20 heavy (non-hydrogen) atoms. The lowest BCUT2D eigenvalue weighted by atomic mass is 9.78. The molecular formula is C16H17NO3. The molecule has 0 aromatic heterocycles. The van der Waals surface area contributed by atoms with E-state index < -0.39 is 0 Å². The molecule has 1 saturated heterocycles. The number of nitrogens with zero attached hydrogens (tertiary/aromatic N) is 1. The van der Waals surface area contributed by atoms with Crippen LogP contribution in [0.1, 0.15) is 18.4 Å². The maximum absolute atomic E-state index is 12.6. The number of ether oxygens (including phenoxy) is 1. The first-order valence-electron chi connectivity index (χ1n) is 6.78. The van der Waals surface area contributed by atoms with Gasteiger partial charge in [-0.05, 0) is 5.56 Å². The van der Waals surface area contributed by atoms with Crippen molar-refractivity contribution < 1.29 is 14.3 Å². The summed E-state index contributed by atoms with van der Waals surface area (Å²) in [6.45, 7) is 1.88. The van der Waals surface area contributed by atoms with E-state index in [2.05, 4.69) is 0 Å². The van der Waals surface area contributed by atoms with Crippen LogP contribution in [0, 0.1) is 5.92 Å². The quantitative estimate of drug-likeness (QED) is 0.737. The molecule has 104 valence electrons. The second-order valence-corrected chi connectivity index (χ2v) is 5.32. The van der Waals surface area contributed by atoms with Gasteiger partial charge in [-0.2, -0.15) is 0 Å². The highest BCUT2D eigenvalue weighted by molar-refractivity contribution is 5.93. The van der Waals surface area contributed by atoms with Gasteiger partial charge in [0.1, 0.15) is 5.78 Å². The molecule has 4 heteroatoms. The molecule has 2 heterocycles. The Morgan fingerprint density at radius 3 is 2.45 bits per heavy atom. The molecule has 1 aromatic carbocycles. The minimum absolute atomic E-state index is 0.181. The number of piperidine rings is 1. The van der Waals surface area contributed by atoms with Crippen molar-refractivity contribution in [1.29, 1.82) is 0 Å². The maximum Gasteiger partial charge on any atom is 0.410 e. The Labute approximate surface area is 118 Å². The summed E-state index contributed by atoms with van der Waals surface area (Å²) >= 11 is 0. The van der Waals surface area contributed by atoms with Crippen molar-refractivity contribution in [3.8, 4) is 0 Å². The molecule has 0 aliphatic carbocycles. The van der Waals surface area contributed by atoms with Crippen molar-refractivity contribution in [2.24, 2.45) is 5.92 Å².